The highest BCUT2D eigenvalue weighted by Crippen LogP contribution is 2.29. The number of nitrogen functional groups attached to an aromatic ring is 1. The number of hydrogen-bond acceptors (Lipinski definition) is 5. The number of nitrogens with zero attached hydrogens (tertiary/aromatic N) is 2. The van der Waals surface area contributed by atoms with Crippen molar-refractivity contribution < 1.29 is 13.2 Å². The van der Waals surface area contributed by atoms with E-state index in [-0.39, 0.29) is 4.90 Å². The number of ether oxygens (including phenoxy) is 1. The smallest absolute Gasteiger partial charge is 0.246 e. The lowest BCUT2D eigenvalue weighted by molar-refractivity contribution is 0.222. The summed E-state index contributed by atoms with van der Waals surface area (Å²) in [6, 6.07) is 4.61. The molecule has 0 atom stereocenters. The molecule has 2 rings (SSSR count). The van der Waals surface area contributed by atoms with Crippen molar-refractivity contribution in [1.82, 2.24) is 9.21 Å². The topological polar surface area (TPSA) is 75.9 Å². The molecule has 1 fully saturated rings. The third-order valence-corrected chi connectivity index (χ3v) is 5.21. The number of nitrogens with two attached hydrogens (primary N) is 1. The van der Waals surface area contributed by atoms with Crippen molar-refractivity contribution in [3.8, 4) is 5.75 Å². The second-order valence-electron chi connectivity index (χ2n) is 4.62. The zero-order valence-electron chi connectivity index (χ0n) is 11.2. The summed E-state index contributed by atoms with van der Waals surface area (Å²) in [5.74, 6) is 0.291. The molecule has 1 aliphatic heterocycles. The predicted molar refractivity (Wildman–Crippen MR) is 73.7 cm³/mol. The Morgan fingerprint density at radius 2 is 1.84 bits per heavy atom. The van der Waals surface area contributed by atoms with E-state index in [4.69, 9.17) is 10.5 Å². The van der Waals surface area contributed by atoms with Gasteiger partial charge < -0.3 is 15.4 Å². The van der Waals surface area contributed by atoms with Crippen LogP contribution in [-0.2, 0) is 10.0 Å². The molecule has 1 aliphatic rings. The standard InChI is InChI=1S/C12H19N3O3S/c1-14-5-7-15(8-6-14)19(16,17)12-4-3-10(13)9-11(12)18-2/h3-4,9H,5-8,13H2,1-2H3. The van der Waals surface area contributed by atoms with Gasteiger partial charge in [0.25, 0.3) is 0 Å². The van der Waals surface area contributed by atoms with E-state index in [9.17, 15) is 8.42 Å². The summed E-state index contributed by atoms with van der Waals surface area (Å²) < 4.78 is 31.8. The highest BCUT2D eigenvalue weighted by atomic mass is 32.2. The van der Waals surface area contributed by atoms with Crippen LogP contribution in [0.1, 0.15) is 0 Å². The molecule has 0 bridgehead atoms. The normalized spacial score (nSPS) is 18.4. The Morgan fingerprint density at radius 3 is 2.42 bits per heavy atom. The van der Waals surface area contributed by atoms with Gasteiger partial charge in [-0.2, -0.15) is 4.31 Å². The van der Waals surface area contributed by atoms with E-state index in [0.29, 0.717) is 24.5 Å². The summed E-state index contributed by atoms with van der Waals surface area (Å²) in [4.78, 5) is 2.28. The Kier molecular flexibility index (Phi) is 3.98. The molecule has 0 spiro atoms. The van der Waals surface area contributed by atoms with Gasteiger partial charge in [0.1, 0.15) is 10.6 Å². The van der Waals surface area contributed by atoms with E-state index in [1.54, 1.807) is 6.07 Å². The van der Waals surface area contributed by atoms with Gasteiger partial charge in [0.2, 0.25) is 10.0 Å². The molecule has 6 nitrogen and oxygen atoms in total. The first-order valence-corrected chi connectivity index (χ1v) is 7.51. The lowest BCUT2D eigenvalue weighted by Crippen LogP contribution is -2.47. The van der Waals surface area contributed by atoms with E-state index < -0.39 is 10.0 Å². The zero-order chi connectivity index (χ0) is 14.0. The first-order chi connectivity index (χ1) is 8.95. The van der Waals surface area contributed by atoms with Gasteiger partial charge in [-0.3, -0.25) is 0 Å². The van der Waals surface area contributed by atoms with Crippen molar-refractivity contribution in [3.05, 3.63) is 18.2 Å². The Balaban J connectivity index is 2.34. The van der Waals surface area contributed by atoms with E-state index in [1.807, 2.05) is 7.05 Å². The lowest BCUT2D eigenvalue weighted by atomic mass is 10.3. The van der Waals surface area contributed by atoms with Crippen LogP contribution in [0.25, 0.3) is 0 Å². The van der Waals surface area contributed by atoms with Crippen LogP contribution in [0.3, 0.4) is 0 Å². The van der Waals surface area contributed by atoms with E-state index in [1.165, 1.54) is 23.5 Å². The molecule has 1 heterocycles. The highest BCUT2D eigenvalue weighted by Gasteiger charge is 2.29. The average molecular weight is 285 g/mol. The molecule has 0 aliphatic carbocycles. The number of rotatable bonds is 3. The molecule has 0 saturated carbocycles. The minimum Gasteiger partial charge on any atom is -0.495 e. The van der Waals surface area contributed by atoms with Gasteiger partial charge >= 0.3 is 0 Å². The van der Waals surface area contributed by atoms with Crippen LogP contribution in [0.5, 0.6) is 5.75 Å². The van der Waals surface area contributed by atoms with Crippen LogP contribution < -0.4 is 10.5 Å². The van der Waals surface area contributed by atoms with E-state index >= 15 is 0 Å². The number of likely N-dealkylation sites (N-methyl/N-ethyl adjacent to an activating group) is 1. The minimum atomic E-state index is -3.52. The van der Waals surface area contributed by atoms with Gasteiger partial charge in [-0.15, -0.1) is 0 Å². The van der Waals surface area contributed by atoms with Crippen molar-refractivity contribution in [2.24, 2.45) is 0 Å². The second-order valence-corrected chi connectivity index (χ2v) is 6.52. The summed E-state index contributed by atoms with van der Waals surface area (Å²) in [6.07, 6.45) is 0. The molecular formula is C12H19N3O3S. The largest absolute Gasteiger partial charge is 0.495 e. The van der Waals surface area contributed by atoms with Crippen LogP contribution in [0, 0.1) is 0 Å². The van der Waals surface area contributed by atoms with Gasteiger partial charge in [0.05, 0.1) is 7.11 Å². The molecule has 0 unspecified atom stereocenters. The molecule has 7 heteroatoms. The maximum atomic E-state index is 12.6. The van der Waals surface area contributed by atoms with Crippen molar-refractivity contribution in [2.75, 3.05) is 46.1 Å². The molecule has 1 aromatic rings. The molecule has 0 aromatic heterocycles. The van der Waals surface area contributed by atoms with E-state index in [0.717, 1.165) is 13.1 Å². The summed E-state index contributed by atoms with van der Waals surface area (Å²) >= 11 is 0. The SMILES string of the molecule is COc1cc(N)ccc1S(=O)(=O)N1CCN(C)CC1. The van der Waals surface area contributed by atoms with Gasteiger partial charge in [-0.25, -0.2) is 8.42 Å². The molecule has 0 amide bonds. The molecule has 1 aromatic carbocycles. The van der Waals surface area contributed by atoms with Gasteiger partial charge in [0.15, 0.2) is 0 Å². The summed E-state index contributed by atoms with van der Waals surface area (Å²) in [5, 5.41) is 0. The minimum absolute atomic E-state index is 0.175. The fourth-order valence-corrected chi connectivity index (χ4v) is 3.62. The molecule has 19 heavy (non-hydrogen) atoms. The monoisotopic (exact) mass is 285 g/mol. The number of benzene rings is 1. The van der Waals surface area contributed by atoms with Gasteiger partial charge in [-0.05, 0) is 19.2 Å². The maximum absolute atomic E-state index is 12.6. The number of sulfonamides is 1. The van der Waals surface area contributed by atoms with Crippen molar-refractivity contribution >= 4 is 15.7 Å². The fourth-order valence-electron chi connectivity index (χ4n) is 2.06. The third-order valence-electron chi connectivity index (χ3n) is 3.27. The summed E-state index contributed by atoms with van der Waals surface area (Å²) in [5.41, 5.74) is 6.13. The molecule has 2 N–H and O–H groups in total. The van der Waals surface area contributed by atoms with Crippen LogP contribution >= 0.6 is 0 Å². The molecule has 106 valence electrons. The quantitative estimate of drug-likeness (QED) is 0.804. The maximum Gasteiger partial charge on any atom is 0.246 e. The van der Waals surface area contributed by atoms with Crippen molar-refractivity contribution in [1.29, 1.82) is 0 Å². The second kappa shape index (κ2) is 5.36. The zero-order valence-corrected chi connectivity index (χ0v) is 12.0. The molecule has 0 radical (unpaired) electrons. The number of anilines is 1. The number of hydrogen-bond donors (Lipinski definition) is 1. The van der Waals surface area contributed by atoms with Crippen LogP contribution in [0.4, 0.5) is 5.69 Å². The fraction of sp³-hybridized carbons (Fsp3) is 0.500. The highest BCUT2D eigenvalue weighted by molar-refractivity contribution is 7.89. The summed E-state index contributed by atoms with van der Waals surface area (Å²) in [7, 11) is -0.0967. The van der Waals surface area contributed by atoms with Gasteiger partial charge in [0, 0.05) is 37.9 Å². The Morgan fingerprint density at radius 1 is 1.21 bits per heavy atom. The Hall–Kier alpha value is -1.31. The predicted octanol–water partition coefficient (Wildman–Crippen LogP) is 0.214. The first-order valence-electron chi connectivity index (χ1n) is 6.07. The third kappa shape index (κ3) is 2.83. The summed E-state index contributed by atoms with van der Waals surface area (Å²) in [6.45, 7) is 2.45. The Labute approximate surface area is 113 Å². The molecule has 1 saturated heterocycles. The lowest BCUT2D eigenvalue weighted by Gasteiger charge is -2.31. The van der Waals surface area contributed by atoms with Crippen molar-refractivity contribution in [3.63, 3.8) is 0 Å². The van der Waals surface area contributed by atoms with Crippen molar-refractivity contribution in [2.45, 2.75) is 4.90 Å². The average Bonchev–Trinajstić information content (AvgIpc) is 2.38. The van der Waals surface area contributed by atoms with Crippen LogP contribution in [0.15, 0.2) is 23.1 Å². The van der Waals surface area contributed by atoms with E-state index in [2.05, 4.69) is 4.90 Å². The number of methoxy groups -OCH3 is 1. The first kappa shape index (κ1) is 14.1. The Bertz CT molecular complexity index is 551. The van der Waals surface area contributed by atoms with Crippen LogP contribution in [-0.4, -0.2) is 58.0 Å². The van der Waals surface area contributed by atoms with Crippen LogP contribution in [0.2, 0.25) is 0 Å². The number of piperazine rings is 1. The van der Waals surface area contributed by atoms with Gasteiger partial charge in [-0.1, -0.05) is 0 Å². The molecular weight excluding hydrogens is 266 g/mol.